The first kappa shape index (κ1) is 25.3. The fourth-order valence-electron chi connectivity index (χ4n) is 3.63. The van der Waals surface area contributed by atoms with Gasteiger partial charge in [0.2, 0.25) is 0 Å². The van der Waals surface area contributed by atoms with Gasteiger partial charge in [-0.05, 0) is 29.8 Å². The lowest BCUT2D eigenvalue weighted by Crippen LogP contribution is -2.25. The maximum Gasteiger partial charge on any atom is 0.273 e. The molecule has 0 bridgehead atoms. The summed E-state index contributed by atoms with van der Waals surface area (Å²) in [5.74, 6) is -0.473. The number of amides is 1. The molecule has 0 saturated carbocycles. The van der Waals surface area contributed by atoms with Crippen LogP contribution in [0.2, 0.25) is 0 Å². The number of carbonyl (C=O) groups excluding carboxylic acids is 1. The number of aryl methyl sites for hydroxylation is 1. The standard InChI is InChI=1S/C27H22FN9O2/c1-16-10-22(35-27-36-23(15-29-2)39-37-27)34-25(33-16)19-11-20(28)24(31-14-19)26(38)32-13-17-8-9-21(30-12-17)18-6-4-3-5-7-18/h3-12,14-15H,13H2,1-2H3,(H,32,38)(H,33,34,35,37). The second kappa shape index (κ2) is 11.3. The SMILES string of the molecule is CN=Cc1nc(Nc2cc(C)nc(-c3cnc(C(=O)NCc4ccc(-c5ccccc5)nc4)c(F)c3)n2)no1. The number of rotatable bonds is 8. The summed E-state index contributed by atoms with van der Waals surface area (Å²) >= 11 is 0. The molecule has 0 atom stereocenters. The molecular formula is C27H22FN9O2. The second-order valence-electron chi connectivity index (χ2n) is 8.34. The minimum absolute atomic E-state index is 0.168. The van der Waals surface area contributed by atoms with Crippen LogP contribution in [0, 0.1) is 12.7 Å². The predicted octanol–water partition coefficient (Wildman–Crippen LogP) is 4.15. The number of pyridine rings is 2. The number of nitrogens with zero attached hydrogens (tertiary/aromatic N) is 7. The lowest BCUT2D eigenvalue weighted by molar-refractivity contribution is 0.0941. The van der Waals surface area contributed by atoms with E-state index in [0.717, 1.165) is 16.8 Å². The van der Waals surface area contributed by atoms with Crippen molar-refractivity contribution in [3.63, 3.8) is 0 Å². The van der Waals surface area contributed by atoms with Gasteiger partial charge in [-0.1, -0.05) is 36.4 Å². The van der Waals surface area contributed by atoms with Gasteiger partial charge in [0.25, 0.3) is 17.7 Å². The van der Waals surface area contributed by atoms with Gasteiger partial charge >= 0.3 is 0 Å². The lowest BCUT2D eigenvalue weighted by atomic mass is 10.1. The number of nitrogens with one attached hydrogen (secondary N) is 2. The van der Waals surface area contributed by atoms with Crippen LogP contribution in [0.5, 0.6) is 0 Å². The Bertz CT molecular complexity index is 1640. The summed E-state index contributed by atoms with van der Waals surface area (Å²) in [6.45, 7) is 1.93. The van der Waals surface area contributed by atoms with Crippen LogP contribution in [0.1, 0.15) is 27.6 Å². The Kier molecular flexibility index (Phi) is 7.35. The molecule has 0 spiro atoms. The molecule has 4 heterocycles. The fraction of sp³-hybridized carbons (Fsp3) is 0.111. The molecule has 0 radical (unpaired) electrons. The quantitative estimate of drug-likeness (QED) is 0.287. The zero-order valence-corrected chi connectivity index (χ0v) is 21.0. The molecule has 0 aliphatic heterocycles. The fourth-order valence-corrected chi connectivity index (χ4v) is 3.63. The van der Waals surface area contributed by atoms with Crippen molar-refractivity contribution in [2.75, 3.05) is 12.4 Å². The van der Waals surface area contributed by atoms with Gasteiger partial charge in [-0.15, -0.1) is 0 Å². The van der Waals surface area contributed by atoms with Gasteiger partial charge in [-0.2, -0.15) is 4.98 Å². The normalized spacial score (nSPS) is 11.1. The Morgan fingerprint density at radius 1 is 1.03 bits per heavy atom. The highest BCUT2D eigenvalue weighted by Gasteiger charge is 2.17. The van der Waals surface area contributed by atoms with Gasteiger partial charge in [0.15, 0.2) is 17.3 Å². The lowest BCUT2D eigenvalue weighted by Gasteiger charge is -2.09. The Morgan fingerprint density at radius 2 is 1.87 bits per heavy atom. The average molecular weight is 524 g/mol. The molecule has 0 aliphatic rings. The molecule has 1 aromatic carbocycles. The molecule has 0 unspecified atom stereocenters. The maximum absolute atomic E-state index is 14.9. The molecule has 12 heteroatoms. The molecule has 39 heavy (non-hydrogen) atoms. The topological polar surface area (TPSA) is 144 Å². The van der Waals surface area contributed by atoms with E-state index in [4.69, 9.17) is 4.52 Å². The van der Waals surface area contributed by atoms with E-state index in [1.807, 2.05) is 42.5 Å². The summed E-state index contributed by atoms with van der Waals surface area (Å²) < 4.78 is 20.0. The van der Waals surface area contributed by atoms with Gasteiger partial charge in [0, 0.05) is 48.9 Å². The number of hydrogen-bond donors (Lipinski definition) is 2. The summed E-state index contributed by atoms with van der Waals surface area (Å²) in [7, 11) is 1.58. The third-order valence-corrected chi connectivity index (χ3v) is 5.44. The molecule has 0 fully saturated rings. The Morgan fingerprint density at radius 3 is 2.62 bits per heavy atom. The number of aromatic nitrogens is 6. The summed E-state index contributed by atoms with van der Waals surface area (Å²) in [6, 6.07) is 16.3. The van der Waals surface area contributed by atoms with Gasteiger partial charge in [-0.25, -0.2) is 19.3 Å². The van der Waals surface area contributed by atoms with E-state index in [9.17, 15) is 9.18 Å². The van der Waals surface area contributed by atoms with Gasteiger partial charge in [0.05, 0.1) is 11.9 Å². The molecule has 0 aliphatic carbocycles. The highest BCUT2D eigenvalue weighted by molar-refractivity contribution is 5.92. The van der Waals surface area contributed by atoms with Crippen LogP contribution in [0.3, 0.4) is 0 Å². The van der Waals surface area contributed by atoms with E-state index >= 15 is 0 Å². The average Bonchev–Trinajstić information content (AvgIpc) is 3.39. The molecule has 5 rings (SSSR count). The van der Waals surface area contributed by atoms with Crippen molar-refractivity contribution in [2.24, 2.45) is 4.99 Å². The monoisotopic (exact) mass is 523 g/mol. The highest BCUT2D eigenvalue weighted by Crippen LogP contribution is 2.21. The molecule has 194 valence electrons. The number of benzene rings is 1. The van der Waals surface area contributed by atoms with Crippen LogP contribution in [-0.2, 0) is 6.54 Å². The van der Waals surface area contributed by atoms with E-state index in [0.29, 0.717) is 17.1 Å². The number of hydrogen-bond acceptors (Lipinski definition) is 10. The van der Waals surface area contributed by atoms with Crippen molar-refractivity contribution in [3.8, 4) is 22.6 Å². The third kappa shape index (κ3) is 6.13. The van der Waals surface area contributed by atoms with Crippen LogP contribution in [0.4, 0.5) is 16.2 Å². The van der Waals surface area contributed by atoms with E-state index < -0.39 is 11.7 Å². The molecule has 1 amide bonds. The van der Waals surface area contributed by atoms with Crippen LogP contribution in [0.15, 0.2) is 76.5 Å². The van der Waals surface area contributed by atoms with E-state index in [1.54, 1.807) is 26.2 Å². The first-order chi connectivity index (χ1) is 19.0. The minimum Gasteiger partial charge on any atom is -0.346 e. The second-order valence-corrected chi connectivity index (χ2v) is 8.34. The van der Waals surface area contributed by atoms with E-state index in [-0.39, 0.29) is 29.9 Å². The maximum atomic E-state index is 14.9. The first-order valence-electron chi connectivity index (χ1n) is 11.8. The van der Waals surface area contributed by atoms with Crippen LogP contribution in [0.25, 0.3) is 22.6 Å². The molecule has 11 nitrogen and oxygen atoms in total. The Balaban J connectivity index is 1.26. The third-order valence-electron chi connectivity index (χ3n) is 5.44. The number of anilines is 2. The largest absolute Gasteiger partial charge is 0.346 e. The van der Waals surface area contributed by atoms with E-state index in [1.165, 1.54) is 18.5 Å². The van der Waals surface area contributed by atoms with Crippen LogP contribution in [-0.4, -0.2) is 49.2 Å². The van der Waals surface area contributed by atoms with Crippen molar-refractivity contribution in [2.45, 2.75) is 13.5 Å². The van der Waals surface area contributed by atoms with Gasteiger partial charge in [-0.3, -0.25) is 14.8 Å². The number of aliphatic imine (C=N–C) groups is 1. The summed E-state index contributed by atoms with van der Waals surface area (Å²) in [4.78, 5) is 37.7. The van der Waals surface area contributed by atoms with Gasteiger partial charge in [0.1, 0.15) is 5.82 Å². The van der Waals surface area contributed by atoms with Crippen LogP contribution < -0.4 is 10.6 Å². The van der Waals surface area contributed by atoms with Crippen molar-refractivity contribution in [3.05, 3.63) is 95.7 Å². The minimum atomic E-state index is -0.802. The summed E-state index contributed by atoms with van der Waals surface area (Å²) in [5.41, 5.74) is 3.14. The van der Waals surface area contributed by atoms with Crippen LogP contribution >= 0.6 is 0 Å². The predicted molar refractivity (Wildman–Crippen MR) is 142 cm³/mol. The summed E-state index contributed by atoms with van der Waals surface area (Å²) in [6.07, 6.45) is 4.43. The highest BCUT2D eigenvalue weighted by atomic mass is 19.1. The summed E-state index contributed by atoms with van der Waals surface area (Å²) in [5, 5.41) is 9.38. The van der Waals surface area contributed by atoms with E-state index in [2.05, 4.69) is 45.7 Å². The molecule has 2 N–H and O–H groups in total. The van der Waals surface area contributed by atoms with Crippen molar-refractivity contribution >= 4 is 23.9 Å². The smallest absolute Gasteiger partial charge is 0.273 e. The number of halogens is 1. The zero-order chi connectivity index (χ0) is 27.2. The first-order valence-corrected chi connectivity index (χ1v) is 11.8. The zero-order valence-electron chi connectivity index (χ0n) is 21.0. The Hall–Kier alpha value is -5.39. The molecular weight excluding hydrogens is 501 g/mol. The van der Waals surface area contributed by atoms with Crippen molar-refractivity contribution in [1.82, 2.24) is 35.4 Å². The van der Waals surface area contributed by atoms with Crippen molar-refractivity contribution < 1.29 is 13.7 Å². The number of carbonyl (C=O) groups is 1. The molecule has 5 aromatic rings. The van der Waals surface area contributed by atoms with Crippen molar-refractivity contribution in [1.29, 1.82) is 0 Å². The molecule has 4 aromatic heterocycles. The Labute approximate surface area is 222 Å². The molecule has 0 saturated heterocycles. The van der Waals surface area contributed by atoms with Gasteiger partial charge < -0.3 is 15.2 Å².